The summed E-state index contributed by atoms with van der Waals surface area (Å²) < 4.78 is 4.94. The number of primary amides is 1. The maximum atomic E-state index is 11.8. The van der Waals surface area contributed by atoms with Crippen LogP contribution in [0.1, 0.15) is 27.2 Å². The normalized spacial score (nSPS) is 10.2. The molecule has 1 amide bonds. The van der Waals surface area contributed by atoms with Crippen LogP contribution in [0.2, 0.25) is 0 Å². The number of hydrogen-bond acceptors (Lipinski definition) is 5. The Morgan fingerprint density at radius 1 is 1.32 bits per heavy atom. The molecule has 1 heterocycles. The minimum Gasteiger partial charge on any atom is -0.461 e. The standard InChI is InChI=1S/C13H12N2O3S/c1-2-18-13(17)9-10(8-6-4-3-5-7-8)19-12(15-9)11(14)16/h3-7H,2H2,1H3,(H2,14,16). The molecule has 5 nitrogen and oxygen atoms in total. The topological polar surface area (TPSA) is 82.3 Å². The van der Waals surface area contributed by atoms with Gasteiger partial charge < -0.3 is 10.5 Å². The van der Waals surface area contributed by atoms with E-state index in [0.29, 0.717) is 4.88 Å². The Labute approximate surface area is 114 Å². The second-order valence-electron chi connectivity index (χ2n) is 3.65. The van der Waals surface area contributed by atoms with Gasteiger partial charge in [0, 0.05) is 0 Å². The highest BCUT2D eigenvalue weighted by molar-refractivity contribution is 7.17. The van der Waals surface area contributed by atoms with Crippen LogP contribution < -0.4 is 5.73 Å². The van der Waals surface area contributed by atoms with Gasteiger partial charge in [0.2, 0.25) is 0 Å². The summed E-state index contributed by atoms with van der Waals surface area (Å²) in [6.07, 6.45) is 0. The van der Waals surface area contributed by atoms with Gasteiger partial charge in [0.15, 0.2) is 10.7 Å². The van der Waals surface area contributed by atoms with Gasteiger partial charge in [-0.1, -0.05) is 30.3 Å². The van der Waals surface area contributed by atoms with E-state index in [1.807, 2.05) is 30.3 Å². The average Bonchev–Trinajstić information content (AvgIpc) is 2.85. The fourth-order valence-corrected chi connectivity index (χ4v) is 2.46. The van der Waals surface area contributed by atoms with Gasteiger partial charge in [-0.2, -0.15) is 0 Å². The molecule has 6 heteroatoms. The third-order valence-corrected chi connectivity index (χ3v) is 3.46. The summed E-state index contributed by atoms with van der Waals surface area (Å²) in [4.78, 5) is 27.6. The first-order valence-corrected chi connectivity index (χ1v) is 6.48. The largest absolute Gasteiger partial charge is 0.461 e. The molecule has 19 heavy (non-hydrogen) atoms. The van der Waals surface area contributed by atoms with Crippen molar-refractivity contribution < 1.29 is 14.3 Å². The fraction of sp³-hybridized carbons (Fsp3) is 0.154. The van der Waals surface area contributed by atoms with E-state index >= 15 is 0 Å². The maximum Gasteiger partial charge on any atom is 0.358 e. The van der Waals surface area contributed by atoms with Gasteiger partial charge in [-0.05, 0) is 12.5 Å². The van der Waals surface area contributed by atoms with Gasteiger partial charge in [-0.15, -0.1) is 11.3 Å². The first kappa shape index (κ1) is 13.2. The van der Waals surface area contributed by atoms with Crippen LogP contribution in [-0.4, -0.2) is 23.5 Å². The molecular weight excluding hydrogens is 264 g/mol. The average molecular weight is 276 g/mol. The quantitative estimate of drug-likeness (QED) is 0.867. The highest BCUT2D eigenvalue weighted by Crippen LogP contribution is 2.30. The number of nitrogens with two attached hydrogens (primary N) is 1. The summed E-state index contributed by atoms with van der Waals surface area (Å²) >= 11 is 1.09. The molecule has 0 bridgehead atoms. The number of carbonyl (C=O) groups is 2. The molecule has 98 valence electrons. The maximum absolute atomic E-state index is 11.8. The van der Waals surface area contributed by atoms with Crippen LogP contribution in [0.25, 0.3) is 10.4 Å². The lowest BCUT2D eigenvalue weighted by Gasteiger charge is -2.01. The Morgan fingerprint density at radius 2 is 2.00 bits per heavy atom. The number of nitrogens with zero attached hydrogens (tertiary/aromatic N) is 1. The summed E-state index contributed by atoms with van der Waals surface area (Å²) in [6.45, 7) is 1.96. The number of thiazole rings is 1. The van der Waals surface area contributed by atoms with E-state index in [0.717, 1.165) is 16.9 Å². The molecule has 2 rings (SSSR count). The van der Waals surface area contributed by atoms with Gasteiger partial charge in [0.25, 0.3) is 5.91 Å². The van der Waals surface area contributed by atoms with E-state index in [4.69, 9.17) is 10.5 Å². The summed E-state index contributed by atoms with van der Waals surface area (Å²) in [5.41, 5.74) is 6.14. The van der Waals surface area contributed by atoms with Crippen LogP contribution in [0.4, 0.5) is 0 Å². The molecule has 1 aromatic heterocycles. The number of carbonyl (C=O) groups excluding carboxylic acids is 2. The summed E-state index contributed by atoms with van der Waals surface area (Å²) in [6, 6.07) is 9.22. The van der Waals surface area contributed by atoms with Crippen LogP contribution in [-0.2, 0) is 4.74 Å². The molecular formula is C13H12N2O3S. The highest BCUT2D eigenvalue weighted by atomic mass is 32.1. The minimum absolute atomic E-state index is 0.0990. The molecule has 2 N–H and O–H groups in total. The van der Waals surface area contributed by atoms with E-state index < -0.39 is 11.9 Å². The highest BCUT2D eigenvalue weighted by Gasteiger charge is 2.22. The van der Waals surface area contributed by atoms with Crippen molar-refractivity contribution in [1.82, 2.24) is 4.98 Å². The van der Waals surface area contributed by atoms with E-state index in [1.54, 1.807) is 6.92 Å². The third kappa shape index (κ3) is 2.79. The number of ether oxygens (including phenoxy) is 1. The first-order valence-electron chi connectivity index (χ1n) is 5.66. The molecule has 2 aromatic rings. The lowest BCUT2D eigenvalue weighted by molar-refractivity contribution is 0.0521. The van der Waals surface area contributed by atoms with Crippen molar-refractivity contribution in [2.75, 3.05) is 6.61 Å². The van der Waals surface area contributed by atoms with Crippen LogP contribution >= 0.6 is 11.3 Å². The number of amides is 1. The number of aromatic nitrogens is 1. The molecule has 0 spiro atoms. The molecule has 0 unspecified atom stereocenters. The van der Waals surface area contributed by atoms with Gasteiger partial charge >= 0.3 is 5.97 Å². The smallest absolute Gasteiger partial charge is 0.358 e. The third-order valence-electron chi connectivity index (χ3n) is 2.34. The Balaban J connectivity index is 2.52. The molecule has 0 saturated heterocycles. The van der Waals surface area contributed by atoms with Crippen molar-refractivity contribution in [3.63, 3.8) is 0 Å². The van der Waals surface area contributed by atoms with Crippen LogP contribution in [0.5, 0.6) is 0 Å². The molecule has 0 radical (unpaired) electrons. The van der Waals surface area contributed by atoms with Crippen molar-refractivity contribution in [3.05, 3.63) is 41.0 Å². The van der Waals surface area contributed by atoms with Crippen molar-refractivity contribution in [2.24, 2.45) is 5.73 Å². The Hall–Kier alpha value is -2.21. The molecule has 0 fully saturated rings. The monoisotopic (exact) mass is 276 g/mol. The van der Waals surface area contributed by atoms with E-state index in [-0.39, 0.29) is 17.3 Å². The summed E-state index contributed by atoms with van der Waals surface area (Å²) in [5, 5.41) is 0.0990. The second-order valence-corrected chi connectivity index (χ2v) is 4.65. The fourth-order valence-electron chi connectivity index (χ4n) is 1.55. The summed E-state index contributed by atoms with van der Waals surface area (Å²) in [7, 11) is 0. The zero-order valence-electron chi connectivity index (χ0n) is 10.3. The van der Waals surface area contributed by atoms with Crippen LogP contribution in [0.3, 0.4) is 0 Å². The second kappa shape index (κ2) is 5.62. The van der Waals surface area contributed by atoms with Gasteiger partial charge in [-0.25, -0.2) is 9.78 Å². The predicted molar refractivity (Wildman–Crippen MR) is 72.0 cm³/mol. The Morgan fingerprint density at radius 3 is 2.58 bits per heavy atom. The summed E-state index contributed by atoms with van der Waals surface area (Å²) in [5.74, 6) is -1.21. The molecule has 0 saturated carbocycles. The lowest BCUT2D eigenvalue weighted by Crippen LogP contribution is -2.12. The van der Waals surface area contributed by atoms with Crippen molar-refractivity contribution >= 4 is 23.2 Å². The number of hydrogen-bond donors (Lipinski definition) is 1. The molecule has 0 aliphatic rings. The lowest BCUT2D eigenvalue weighted by atomic mass is 10.1. The van der Waals surface area contributed by atoms with E-state index in [2.05, 4.69) is 4.98 Å². The zero-order chi connectivity index (χ0) is 13.8. The van der Waals surface area contributed by atoms with E-state index in [1.165, 1.54) is 0 Å². The number of benzene rings is 1. The molecule has 1 aromatic carbocycles. The van der Waals surface area contributed by atoms with Crippen LogP contribution in [0.15, 0.2) is 30.3 Å². The molecule has 0 aliphatic carbocycles. The van der Waals surface area contributed by atoms with Crippen molar-refractivity contribution in [2.45, 2.75) is 6.92 Å². The SMILES string of the molecule is CCOC(=O)c1nc(C(N)=O)sc1-c1ccccc1. The number of rotatable bonds is 4. The molecule has 0 atom stereocenters. The van der Waals surface area contributed by atoms with Gasteiger partial charge in [-0.3, -0.25) is 4.79 Å². The Kier molecular flexibility index (Phi) is 3.91. The predicted octanol–water partition coefficient (Wildman–Crippen LogP) is 2.09. The first-order chi connectivity index (χ1) is 9.13. The van der Waals surface area contributed by atoms with Gasteiger partial charge in [0.05, 0.1) is 11.5 Å². The number of esters is 1. The van der Waals surface area contributed by atoms with Crippen molar-refractivity contribution in [1.29, 1.82) is 0 Å². The molecule has 0 aliphatic heterocycles. The zero-order valence-corrected chi connectivity index (χ0v) is 11.1. The van der Waals surface area contributed by atoms with Crippen molar-refractivity contribution in [3.8, 4) is 10.4 Å². The van der Waals surface area contributed by atoms with Gasteiger partial charge in [0.1, 0.15) is 0 Å². The van der Waals surface area contributed by atoms with E-state index in [9.17, 15) is 9.59 Å². The van der Waals surface area contributed by atoms with Crippen LogP contribution in [0, 0.1) is 0 Å². The minimum atomic E-state index is -0.655. The Bertz CT molecular complexity index is 608.